The fourth-order valence-corrected chi connectivity index (χ4v) is 5.87. The molecule has 12 nitrogen and oxygen atoms in total. The first kappa shape index (κ1) is 27.3. The van der Waals surface area contributed by atoms with Gasteiger partial charge in [-0.1, -0.05) is 18.2 Å². The number of Topliss-reactive ketones (excluding diaryl/α,β-unsaturated/α-hetero) is 1. The number of phenols is 2. The molecule has 1 unspecified atom stereocenters. The minimum atomic E-state index is -2.24. The van der Waals surface area contributed by atoms with Gasteiger partial charge in [-0.15, -0.1) is 0 Å². The second-order valence-electron chi connectivity index (χ2n) is 10.4. The number of quaternary nitrogens is 1. The van der Waals surface area contributed by atoms with Crippen LogP contribution in [0.15, 0.2) is 18.2 Å². The van der Waals surface area contributed by atoms with Gasteiger partial charge in [-0.25, -0.2) is 0 Å². The summed E-state index contributed by atoms with van der Waals surface area (Å²) in [5, 5.41) is 63.5. The van der Waals surface area contributed by atoms with Gasteiger partial charge >= 0.3 is 0 Å². The molecule has 0 spiro atoms. The average Bonchev–Trinajstić information content (AvgIpc) is 2.90. The predicted octanol–water partition coefficient (Wildman–Crippen LogP) is -1.23. The molecule has 1 heterocycles. The number of aromatic hydroxyl groups is 2. The molecule has 3 aliphatic rings. The Labute approximate surface area is 222 Å². The SMILES string of the molecule is CC1O[C@@H](O[C@H]2C[C@](O)(C(=O)CO)Cc3c(O)c4c(c(O)c32)C(=O)c2c(CO)cccc2C4=O)C[C@@H]([NH3+])[C@@H]1O. The summed E-state index contributed by atoms with van der Waals surface area (Å²) in [6.07, 6.45) is -4.81. The van der Waals surface area contributed by atoms with Crippen molar-refractivity contribution in [2.45, 2.75) is 69.0 Å². The van der Waals surface area contributed by atoms with E-state index in [0.717, 1.165) is 0 Å². The lowest BCUT2D eigenvalue weighted by Gasteiger charge is -2.41. The molecule has 9 N–H and O–H groups in total. The smallest absolute Gasteiger partial charge is 0.198 e. The van der Waals surface area contributed by atoms with Crippen LogP contribution in [-0.4, -0.2) is 84.7 Å². The van der Waals surface area contributed by atoms with Crippen molar-refractivity contribution in [1.29, 1.82) is 0 Å². The van der Waals surface area contributed by atoms with E-state index in [9.17, 15) is 45.0 Å². The fraction of sp³-hybridized carbons (Fsp3) is 0.444. The lowest BCUT2D eigenvalue weighted by Crippen LogP contribution is -2.71. The Morgan fingerprint density at radius 2 is 1.82 bits per heavy atom. The van der Waals surface area contributed by atoms with Gasteiger partial charge in [0.2, 0.25) is 0 Å². The van der Waals surface area contributed by atoms with Gasteiger partial charge in [-0.2, -0.15) is 0 Å². The van der Waals surface area contributed by atoms with E-state index in [-0.39, 0.29) is 34.2 Å². The molecule has 6 atom stereocenters. The van der Waals surface area contributed by atoms with Crippen molar-refractivity contribution in [3.63, 3.8) is 0 Å². The number of carbonyl (C=O) groups excluding carboxylic acids is 3. The average molecular weight is 545 g/mol. The second kappa shape index (κ2) is 9.75. The number of rotatable bonds is 5. The molecule has 208 valence electrons. The Morgan fingerprint density at radius 1 is 1.13 bits per heavy atom. The van der Waals surface area contributed by atoms with Crippen molar-refractivity contribution in [1.82, 2.24) is 0 Å². The van der Waals surface area contributed by atoms with Gasteiger partial charge < -0.3 is 45.8 Å². The lowest BCUT2D eigenvalue weighted by atomic mass is 9.71. The number of fused-ring (bicyclic) bond motifs is 3. The summed E-state index contributed by atoms with van der Waals surface area (Å²) < 4.78 is 11.8. The van der Waals surface area contributed by atoms with Crippen LogP contribution in [0.1, 0.15) is 74.4 Å². The zero-order valence-corrected chi connectivity index (χ0v) is 21.1. The molecule has 2 aromatic carbocycles. The normalized spacial score (nSPS) is 29.9. The fourth-order valence-electron chi connectivity index (χ4n) is 5.87. The van der Waals surface area contributed by atoms with E-state index >= 15 is 0 Å². The van der Waals surface area contributed by atoms with Crippen LogP contribution in [0.4, 0.5) is 0 Å². The molecule has 0 aromatic heterocycles. The van der Waals surface area contributed by atoms with Crippen molar-refractivity contribution in [3.05, 3.63) is 57.1 Å². The van der Waals surface area contributed by atoms with Crippen LogP contribution < -0.4 is 5.73 Å². The Hall–Kier alpha value is -3.23. The molecule has 2 aromatic rings. The Balaban J connectivity index is 1.69. The number of aliphatic hydroxyl groups is 4. The van der Waals surface area contributed by atoms with Crippen LogP contribution in [-0.2, 0) is 27.3 Å². The molecule has 39 heavy (non-hydrogen) atoms. The van der Waals surface area contributed by atoms with Gasteiger partial charge in [0, 0.05) is 35.1 Å². The van der Waals surface area contributed by atoms with Crippen molar-refractivity contribution < 1.29 is 60.2 Å². The van der Waals surface area contributed by atoms with E-state index < -0.39 is 102 Å². The maximum atomic E-state index is 13.6. The Kier molecular flexibility index (Phi) is 6.84. The predicted molar refractivity (Wildman–Crippen MR) is 130 cm³/mol. The summed E-state index contributed by atoms with van der Waals surface area (Å²) in [4.78, 5) is 39.7. The van der Waals surface area contributed by atoms with Gasteiger partial charge in [0.05, 0.1) is 36.4 Å². The van der Waals surface area contributed by atoms with Crippen molar-refractivity contribution in [2.75, 3.05) is 6.61 Å². The van der Waals surface area contributed by atoms with Gasteiger partial charge in [-0.05, 0) is 12.5 Å². The highest BCUT2D eigenvalue weighted by Crippen LogP contribution is 2.52. The van der Waals surface area contributed by atoms with Crippen molar-refractivity contribution >= 4 is 17.3 Å². The standard InChI is InChI=1S/C27H29NO11/c1-10-22(32)14(28)5-17(38-10)39-15-7-27(37,16(31)9-30)6-13-19(15)26(36)21-20(24(13)34)23(33)12-4-2-3-11(8-29)18(12)25(21)35/h2-4,10,14-15,17,22,29-30,32,34,36-37H,5-9,28H2,1H3/p+1/t10?,14-,15+,17+,22-,27+/m1/s1. The lowest BCUT2D eigenvalue weighted by molar-refractivity contribution is -0.466. The number of benzene rings is 2. The van der Waals surface area contributed by atoms with Crippen LogP contribution in [0.3, 0.4) is 0 Å². The number of carbonyl (C=O) groups is 3. The third-order valence-electron chi connectivity index (χ3n) is 7.96. The summed E-state index contributed by atoms with van der Waals surface area (Å²) in [5.74, 6) is -3.94. The maximum Gasteiger partial charge on any atom is 0.198 e. The molecule has 2 aliphatic carbocycles. The number of phenolic OH excluding ortho intramolecular Hbond substituents is 2. The molecular formula is C27H30NO11+. The summed E-state index contributed by atoms with van der Waals surface area (Å²) in [5.41, 5.74) is 0.341. The number of hydrogen-bond donors (Lipinski definition) is 7. The largest absolute Gasteiger partial charge is 0.507 e. The molecule has 5 rings (SSSR count). The highest BCUT2D eigenvalue weighted by Gasteiger charge is 2.50. The topological polar surface area (TPSA) is 219 Å². The second-order valence-corrected chi connectivity index (χ2v) is 10.4. The first-order chi connectivity index (χ1) is 18.4. The molecular weight excluding hydrogens is 514 g/mol. The molecule has 1 fully saturated rings. The summed E-state index contributed by atoms with van der Waals surface area (Å²) >= 11 is 0. The summed E-state index contributed by atoms with van der Waals surface area (Å²) in [6.45, 7) is 0.0422. The van der Waals surface area contributed by atoms with Crippen molar-refractivity contribution in [3.8, 4) is 11.5 Å². The minimum Gasteiger partial charge on any atom is -0.507 e. The van der Waals surface area contributed by atoms with Crippen LogP contribution in [0.5, 0.6) is 11.5 Å². The van der Waals surface area contributed by atoms with Gasteiger partial charge in [0.25, 0.3) is 0 Å². The third-order valence-corrected chi connectivity index (χ3v) is 7.96. The first-order valence-corrected chi connectivity index (χ1v) is 12.5. The first-order valence-electron chi connectivity index (χ1n) is 12.5. The molecule has 0 radical (unpaired) electrons. The molecule has 0 amide bonds. The number of aliphatic hydroxyl groups excluding tert-OH is 3. The number of ketones is 3. The van der Waals surface area contributed by atoms with E-state index in [4.69, 9.17) is 9.47 Å². The van der Waals surface area contributed by atoms with Crippen molar-refractivity contribution in [2.24, 2.45) is 0 Å². The molecule has 0 bridgehead atoms. The summed E-state index contributed by atoms with van der Waals surface area (Å²) in [6, 6.07) is 3.80. The van der Waals surface area contributed by atoms with Crippen LogP contribution in [0.2, 0.25) is 0 Å². The van der Waals surface area contributed by atoms with E-state index in [2.05, 4.69) is 5.73 Å². The molecule has 1 saturated heterocycles. The van der Waals surface area contributed by atoms with Crippen LogP contribution in [0.25, 0.3) is 0 Å². The quantitative estimate of drug-likeness (QED) is 0.189. The van der Waals surface area contributed by atoms with Gasteiger partial charge in [0.1, 0.15) is 35.9 Å². The molecule has 0 saturated carbocycles. The van der Waals surface area contributed by atoms with Gasteiger partial charge in [0.15, 0.2) is 23.6 Å². The molecule has 1 aliphatic heterocycles. The van der Waals surface area contributed by atoms with E-state index in [0.29, 0.717) is 0 Å². The van der Waals surface area contributed by atoms with E-state index in [1.165, 1.54) is 18.2 Å². The Bertz CT molecular complexity index is 1380. The van der Waals surface area contributed by atoms with Crippen LogP contribution in [0, 0.1) is 0 Å². The number of ether oxygens (including phenoxy) is 2. The maximum absolute atomic E-state index is 13.6. The Morgan fingerprint density at radius 3 is 2.46 bits per heavy atom. The highest BCUT2D eigenvalue weighted by atomic mass is 16.7. The third kappa shape index (κ3) is 4.16. The highest BCUT2D eigenvalue weighted by molar-refractivity contribution is 6.31. The summed E-state index contributed by atoms with van der Waals surface area (Å²) in [7, 11) is 0. The monoisotopic (exact) mass is 544 g/mol. The van der Waals surface area contributed by atoms with E-state index in [1.54, 1.807) is 6.92 Å². The molecule has 12 heteroatoms. The zero-order chi connectivity index (χ0) is 28.4. The van der Waals surface area contributed by atoms with Crippen LogP contribution >= 0.6 is 0 Å². The number of hydrogen-bond acceptors (Lipinski definition) is 11. The minimum absolute atomic E-state index is 0.0800. The van der Waals surface area contributed by atoms with E-state index in [1.807, 2.05) is 0 Å². The zero-order valence-electron chi connectivity index (χ0n) is 21.1. The van der Waals surface area contributed by atoms with Gasteiger partial charge in [-0.3, -0.25) is 14.4 Å².